The van der Waals surface area contributed by atoms with E-state index in [0.717, 1.165) is 66.8 Å². The molecule has 9 heteroatoms. The monoisotopic (exact) mass is 569 g/mol. The number of amides is 3. The average molecular weight is 570 g/mol. The van der Waals surface area contributed by atoms with Gasteiger partial charge in [-0.15, -0.1) is 11.3 Å². The Morgan fingerprint density at radius 3 is 2.45 bits per heavy atom. The SMILES string of the molecule is CCC(=O)N[C@H](Cc1nc2ccc(C(C)C)cc2s1)C(=O)N[C@@H](CNC(=O)C1CCN(C)CC1)C1CCCCC1. The number of fused-ring (bicyclic) bond motifs is 1. The number of hydrogen-bond acceptors (Lipinski definition) is 6. The predicted molar refractivity (Wildman–Crippen MR) is 161 cm³/mol. The molecule has 0 radical (unpaired) electrons. The summed E-state index contributed by atoms with van der Waals surface area (Å²) in [7, 11) is 2.09. The number of hydrogen-bond donors (Lipinski definition) is 3. The van der Waals surface area contributed by atoms with Gasteiger partial charge in [0.25, 0.3) is 0 Å². The smallest absolute Gasteiger partial charge is 0.243 e. The lowest BCUT2D eigenvalue weighted by atomic mass is 9.83. The van der Waals surface area contributed by atoms with Crippen molar-refractivity contribution >= 4 is 39.3 Å². The minimum absolute atomic E-state index is 0.0331. The van der Waals surface area contributed by atoms with Crippen LogP contribution in [0.4, 0.5) is 0 Å². The topological polar surface area (TPSA) is 103 Å². The molecular weight excluding hydrogens is 522 g/mol. The first-order chi connectivity index (χ1) is 19.2. The highest BCUT2D eigenvalue weighted by Crippen LogP contribution is 2.28. The fourth-order valence-electron chi connectivity index (χ4n) is 5.90. The van der Waals surface area contributed by atoms with Crippen LogP contribution in [-0.4, -0.2) is 66.4 Å². The van der Waals surface area contributed by atoms with Crippen LogP contribution < -0.4 is 16.0 Å². The van der Waals surface area contributed by atoms with Gasteiger partial charge in [-0.1, -0.05) is 46.1 Å². The Hall–Kier alpha value is -2.52. The summed E-state index contributed by atoms with van der Waals surface area (Å²) in [5, 5.41) is 10.2. The van der Waals surface area contributed by atoms with Crippen molar-refractivity contribution in [2.75, 3.05) is 26.7 Å². The lowest BCUT2D eigenvalue weighted by molar-refractivity contribution is -0.130. The normalized spacial score (nSPS) is 18.9. The maximum absolute atomic E-state index is 13.7. The molecule has 40 heavy (non-hydrogen) atoms. The third-order valence-corrected chi connectivity index (χ3v) is 9.65. The maximum atomic E-state index is 13.7. The number of nitrogens with zero attached hydrogens (tertiary/aromatic N) is 2. The van der Waals surface area contributed by atoms with Gasteiger partial charge in [-0.2, -0.15) is 0 Å². The van der Waals surface area contributed by atoms with Crippen LogP contribution in [0.2, 0.25) is 0 Å². The molecule has 1 aliphatic carbocycles. The largest absolute Gasteiger partial charge is 0.354 e. The minimum Gasteiger partial charge on any atom is -0.354 e. The molecule has 1 saturated carbocycles. The fraction of sp³-hybridized carbons (Fsp3) is 0.677. The van der Waals surface area contributed by atoms with Gasteiger partial charge in [0.2, 0.25) is 17.7 Å². The Bertz CT molecular complexity index is 1150. The molecule has 8 nitrogen and oxygen atoms in total. The molecule has 0 unspecified atom stereocenters. The van der Waals surface area contributed by atoms with Crippen LogP contribution in [0.3, 0.4) is 0 Å². The molecule has 1 saturated heterocycles. The van der Waals surface area contributed by atoms with E-state index in [0.29, 0.717) is 31.2 Å². The number of thiazole rings is 1. The van der Waals surface area contributed by atoms with Crippen LogP contribution in [0.25, 0.3) is 10.2 Å². The van der Waals surface area contributed by atoms with Gasteiger partial charge < -0.3 is 20.9 Å². The number of nitrogens with one attached hydrogen (secondary N) is 3. The van der Waals surface area contributed by atoms with Crippen molar-refractivity contribution in [2.45, 2.75) is 96.6 Å². The first-order valence-corrected chi connectivity index (χ1v) is 16.0. The highest BCUT2D eigenvalue weighted by Gasteiger charge is 2.31. The van der Waals surface area contributed by atoms with Gasteiger partial charge in [-0.25, -0.2) is 4.98 Å². The second-order valence-electron chi connectivity index (χ2n) is 12.0. The van der Waals surface area contributed by atoms with Crippen molar-refractivity contribution < 1.29 is 14.4 Å². The molecule has 0 bridgehead atoms. The lowest BCUT2D eigenvalue weighted by Gasteiger charge is -2.33. The molecule has 1 aromatic carbocycles. The highest BCUT2D eigenvalue weighted by atomic mass is 32.1. The van der Waals surface area contributed by atoms with E-state index in [1.807, 2.05) is 6.07 Å². The highest BCUT2D eigenvalue weighted by molar-refractivity contribution is 7.18. The van der Waals surface area contributed by atoms with E-state index in [1.54, 1.807) is 18.3 Å². The number of piperidine rings is 1. The van der Waals surface area contributed by atoms with Gasteiger partial charge in [-0.3, -0.25) is 14.4 Å². The summed E-state index contributed by atoms with van der Waals surface area (Å²) in [6.45, 7) is 8.42. The summed E-state index contributed by atoms with van der Waals surface area (Å²) >= 11 is 1.58. The van der Waals surface area contributed by atoms with Crippen molar-refractivity contribution in [3.05, 3.63) is 28.8 Å². The Kier molecular flexibility index (Phi) is 11.0. The molecule has 3 N–H and O–H groups in total. The molecule has 2 aliphatic rings. The van der Waals surface area contributed by atoms with Crippen molar-refractivity contribution in [2.24, 2.45) is 11.8 Å². The number of carbonyl (C=O) groups excluding carboxylic acids is 3. The van der Waals surface area contributed by atoms with Gasteiger partial charge in [0.05, 0.1) is 15.2 Å². The Morgan fingerprint density at radius 2 is 1.77 bits per heavy atom. The Labute approximate surface area is 243 Å². The van der Waals surface area contributed by atoms with E-state index >= 15 is 0 Å². The standard InChI is InChI=1S/C31H47N5O3S/c1-5-28(37)33-25(18-29-34-24-12-11-23(20(2)3)17-27(24)40-29)31(39)35-26(21-9-7-6-8-10-21)19-32-30(38)22-13-15-36(4)16-14-22/h11-12,17,20-22,25-26H,5-10,13-16,18-19H2,1-4H3,(H,32,38)(H,33,37)(H,35,39)/t25-,26+/m1/s1. The number of likely N-dealkylation sites (tertiary alicyclic amines) is 1. The summed E-state index contributed by atoms with van der Waals surface area (Å²) in [6.07, 6.45) is 7.95. The molecule has 2 fully saturated rings. The van der Waals surface area contributed by atoms with Gasteiger partial charge >= 0.3 is 0 Å². The summed E-state index contributed by atoms with van der Waals surface area (Å²) < 4.78 is 1.10. The molecule has 4 rings (SSSR count). The maximum Gasteiger partial charge on any atom is 0.243 e. The Balaban J connectivity index is 1.46. The van der Waals surface area contributed by atoms with E-state index < -0.39 is 6.04 Å². The van der Waals surface area contributed by atoms with Gasteiger partial charge in [0.1, 0.15) is 6.04 Å². The van der Waals surface area contributed by atoms with Crippen molar-refractivity contribution in [3.8, 4) is 0 Å². The van der Waals surface area contributed by atoms with Crippen LogP contribution in [0.1, 0.15) is 88.6 Å². The second-order valence-corrected chi connectivity index (χ2v) is 13.1. The average Bonchev–Trinajstić information content (AvgIpc) is 3.37. The molecule has 2 heterocycles. The van der Waals surface area contributed by atoms with Crippen LogP contribution in [0, 0.1) is 11.8 Å². The molecule has 2 atom stereocenters. The van der Waals surface area contributed by atoms with E-state index in [9.17, 15) is 14.4 Å². The summed E-state index contributed by atoms with van der Waals surface area (Å²) in [5.74, 6) is 0.505. The molecule has 3 amide bonds. The number of benzene rings is 1. The quantitative estimate of drug-likeness (QED) is 0.373. The molecule has 0 spiro atoms. The van der Waals surface area contributed by atoms with E-state index in [1.165, 1.54) is 12.0 Å². The molecule has 2 aromatic rings. The number of carbonyl (C=O) groups is 3. The zero-order valence-corrected chi connectivity index (χ0v) is 25.4. The summed E-state index contributed by atoms with van der Waals surface area (Å²) in [6, 6.07) is 5.44. The Morgan fingerprint density at radius 1 is 1.05 bits per heavy atom. The fourth-order valence-corrected chi connectivity index (χ4v) is 6.96. The molecule has 220 valence electrons. The first-order valence-electron chi connectivity index (χ1n) is 15.2. The predicted octanol–water partition coefficient (Wildman–Crippen LogP) is 4.38. The second kappa shape index (κ2) is 14.4. The minimum atomic E-state index is -0.715. The van der Waals surface area contributed by atoms with Crippen LogP contribution in [0.5, 0.6) is 0 Å². The first kappa shape index (κ1) is 30.4. The molecule has 1 aromatic heterocycles. The van der Waals surface area contributed by atoms with Crippen LogP contribution in [0.15, 0.2) is 18.2 Å². The van der Waals surface area contributed by atoms with E-state index in [-0.39, 0.29) is 29.7 Å². The van der Waals surface area contributed by atoms with Crippen LogP contribution >= 0.6 is 11.3 Å². The number of rotatable bonds is 11. The van der Waals surface area contributed by atoms with Gasteiger partial charge in [0.15, 0.2) is 0 Å². The van der Waals surface area contributed by atoms with Crippen molar-refractivity contribution in [3.63, 3.8) is 0 Å². The molecular formula is C31H47N5O3S. The zero-order chi connectivity index (χ0) is 28.6. The van der Waals surface area contributed by atoms with Gasteiger partial charge in [-0.05, 0) is 75.4 Å². The number of aromatic nitrogens is 1. The third kappa shape index (κ3) is 8.26. The summed E-state index contributed by atoms with van der Waals surface area (Å²) in [5.41, 5.74) is 2.18. The van der Waals surface area contributed by atoms with E-state index in [2.05, 4.69) is 53.9 Å². The third-order valence-electron chi connectivity index (χ3n) is 8.61. The van der Waals surface area contributed by atoms with Gasteiger partial charge in [0, 0.05) is 31.3 Å². The molecule has 1 aliphatic heterocycles. The van der Waals surface area contributed by atoms with Crippen molar-refractivity contribution in [1.82, 2.24) is 25.8 Å². The van der Waals surface area contributed by atoms with E-state index in [4.69, 9.17) is 4.98 Å². The zero-order valence-electron chi connectivity index (χ0n) is 24.6. The van der Waals surface area contributed by atoms with Crippen molar-refractivity contribution in [1.29, 1.82) is 0 Å². The summed E-state index contributed by atoms with van der Waals surface area (Å²) in [4.78, 5) is 46.2. The van der Waals surface area contributed by atoms with Crippen LogP contribution in [-0.2, 0) is 20.8 Å². The lowest BCUT2D eigenvalue weighted by Crippen LogP contribution is -2.55.